The van der Waals surface area contributed by atoms with E-state index in [-0.39, 0.29) is 0 Å². The first kappa shape index (κ1) is 11.4. The summed E-state index contributed by atoms with van der Waals surface area (Å²) in [6.07, 6.45) is 3.03. The van der Waals surface area contributed by atoms with Gasteiger partial charge >= 0.3 is 0 Å². The molecule has 0 bridgehead atoms. The third-order valence-corrected chi connectivity index (χ3v) is 3.66. The minimum atomic E-state index is 0.894. The monoisotopic (exact) mass is 235 g/mol. The lowest BCUT2D eigenvalue weighted by Gasteiger charge is -2.04. The second-order valence-corrected chi connectivity index (χ2v) is 4.87. The van der Waals surface area contributed by atoms with Crippen molar-refractivity contribution < 1.29 is 0 Å². The fourth-order valence-corrected chi connectivity index (χ4v) is 2.44. The average Bonchev–Trinajstić information content (AvgIpc) is 2.89. The van der Waals surface area contributed by atoms with E-state index in [1.165, 1.54) is 16.1 Å². The van der Waals surface area contributed by atoms with Crippen molar-refractivity contribution in [3.8, 4) is 0 Å². The number of nitrogens with zero attached hydrogens (tertiary/aromatic N) is 2. The summed E-state index contributed by atoms with van der Waals surface area (Å²) in [7, 11) is 1.96. The van der Waals surface area contributed by atoms with Crippen LogP contribution in [0.5, 0.6) is 0 Å². The normalized spacial score (nSPS) is 10.9. The van der Waals surface area contributed by atoms with Crippen molar-refractivity contribution in [3.05, 3.63) is 39.8 Å². The molecule has 0 aliphatic heterocycles. The molecule has 0 radical (unpaired) electrons. The number of hydrogen-bond acceptors (Lipinski definition) is 3. The molecule has 0 saturated heterocycles. The number of nitrogens with one attached hydrogen (secondary N) is 1. The van der Waals surface area contributed by atoms with Gasteiger partial charge in [-0.05, 0) is 25.4 Å². The van der Waals surface area contributed by atoms with Gasteiger partial charge < -0.3 is 5.32 Å². The fraction of sp³-hybridized carbons (Fsp3) is 0.417. The zero-order valence-electron chi connectivity index (χ0n) is 9.73. The van der Waals surface area contributed by atoms with Gasteiger partial charge in [0.25, 0.3) is 0 Å². The lowest BCUT2D eigenvalue weighted by atomic mass is 10.2. The third kappa shape index (κ3) is 2.51. The molecule has 16 heavy (non-hydrogen) atoms. The zero-order valence-corrected chi connectivity index (χ0v) is 10.5. The summed E-state index contributed by atoms with van der Waals surface area (Å²) in [5, 5.41) is 9.69. The number of aryl methyl sites for hydroxylation is 2. The molecule has 3 nitrogen and oxygen atoms in total. The topological polar surface area (TPSA) is 29.9 Å². The summed E-state index contributed by atoms with van der Waals surface area (Å²) >= 11 is 1.81. The van der Waals surface area contributed by atoms with Crippen LogP contribution < -0.4 is 5.32 Å². The van der Waals surface area contributed by atoms with Gasteiger partial charge in [0.2, 0.25) is 0 Å². The number of hydrogen-bond donors (Lipinski definition) is 1. The van der Waals surface area contributed by atoms with Crippen LogP contribution in [0, 0.1) is 6.92 Å². The van der Waals surface area contributed by atoms with Crippen LogP contribution in [0.3, 0.4) is 0 Å². The van der Waals surface area contributed by atoms with Crippen LogP contribution in [0.1, 0.15) is 16.1 Å². The van der Waals surface area contributed by atoms with E-state index in [0.717, 1.165) is 19.5 Å². The van der Waals surface area contributed by atoms with E-state index in [9.17, 15) is 0 Å². The van der Waals surface area contributed by atoms with E-state index in [1.54, 1.807) is 0 Å². The maximum absolute atomic E-state index is 4.42. The fourth-order valence-electron chi connectivity index (χ4n) is 1.75. The maximum Gasteiger partial charge on any atom is 0.0537 e. The van der Waals surface area contributed by atoms with Crippen molar-refractivity contribution in [2.24, 2.45) is 0 Å². The smallest absolute Gasteiger partial charge is 0.0537 e. The van der Waals surface area contributed by atoms with Crippen LogP contribution in [0.2, 0.25) is 0 Å². The molecule has 0 amide bonds. The van der Waals surface area contributed by atoms with Crippen molar-refractivity contribution in [3.63, 3.8) is 0 Å². The molecule has 0 spiro atoms. The largest absolute Gasteiger partial charge is 0.316 e. The Balaban J connectivity index is 1.99. The van der Waals surface area contributed by atoms with Gasteiger partial charge in [-0.1, -0.05) is 6.07 Å². The lowest BCUT2D eigenvalue weighted by Crippen LogP contribution is -2.08. The molecule has 1 N–H and O–H groups in total. The van der Waals surface area contributed by atoms with Crippen molar-refractivity contribution in [2.45, 2.75) is 26.4 Å². The first-order valence-electron chi connectivity index (χ1n) is 5.49. The van der Waals surface area contributed by atoms with E-state index in [1.807, 2.05) is 24.6 Å². The Morgan fingerprint density at radius 2 is 2.38 bits per heavy atom. The molecular formula is C12H17N3S. The molecule has 4 heteroatoms. The summed E-state index contributed by atoms with van der Waals surface area (Å²) in [6.45, 7) is 4.00. The number of rotatable bonds is 5. The number of thiophene rings is 1. The Labute approximate surface area is 100 Å². The van der Waals surface area contributed by atoms with Crippen molar-refractivity contribution in [1.82, 2.24) is 15.1 Å². The van der Waals surface area contributed by atoms with Gasteiger partial charge in [0.1, 0.15) is 0 Å². The Morgan fingerprint density at radius 3 is 3.06 bits per heavy atom. The van der Waals surface area contributed by atoms with Crippen LogP contribution in [0.4, 0.5) is 0 Å². The molecule has 86 valence electrons. The van der Waals surface area contributed by atoms with Gasteiger partial charge in [-0.15, -0.1) is 11.3 Å². The van der Waals surface area contributed by atoms with Crippen molar-refractivity contribution >= 4 is 11.3 Å². The Kier molecular flexibility index (Phi) is 3.74. The molecule has 0 aliphatic carbocycles. The predicted molar refractivity (Wildman–Crippen MR) is 67.8 cm³/mol. The summed E-state index contributed by atoms with van der Waals surface area (Å²) in [6, 6.07) is 4.28. The lowest BCUT2D eigenvalue weighted by molar-refractivity contribution is 0.599. The molecule has 0 atom stereocenters. The summed E-state index contributed by atoms with van der Waals surface area (Å²) in [5.41, 5.74) is 2.56. The SMILES string of the molecule is CNCc1cnn(CCc2cccs2)c1C. The van der Waals surface area contributed by atoms with Gasteiger partial charge in [0, 0.05) is 35.6 Å². The molecule has 2 rings (SSSR count). The van der Waals surface area contributed by atoms with Gasteiger partial charge in [0.05, 0.1) is 6.20 Å². The second-order valence-electron chi connectivity index (χ2n) is 3.84. The van der Waals surface area contributed by atoms with E-state index in [0.29, 0.717) is 0 Å². The molecule has 2 aromatic heterocycles. The average molecular weight is 235 g/mol. The van der Waals surface area contributed by atoms with E-state index in [2.05, 4.69) is 39.5 Å². The second kappa shape index (κ2) is 5.27. The molecule has 2 heterocycles. The molecule has 0 fully saturated rings. The predicted octanol–water partition coefficient (Wildman–Crippen LogP) is 2.22. The third-order valence-electron chi connectivity index (χ3n) is 2.72. The van der Waals surface area contributed by atoms with E-state index in [4.69, 9.17) is 0 Å². The molecule has 0 aliphatic rings. The molecule has 0 aromatic carbocycles. The highest BCUT2D eigenvalue weighted by Gasteiger charge is 2.05. The van der Waals surface area contributed by atoms with Crippen LogP contribution in [-0.4, -0.2) is 16.8 Å². The summed E-state index contributed by atoms with van der Waals surface area (Å²) in [5.74, 6) is 0. The Morgan fingerprint density at radius 1 is 1.50 bits per heavy atom. The molecule has 0 unspecified atom stereocenters. The molecule has 0 saturated carbocycles. The minimum absolute atomic E-state index is 0.894. The van der Waals surface area contributed by atoms with Gasteiger partial charge in [0.15, 0.2) is 0 Å². The highest BCUT2D eigenvalue weighted by molar-refractivity contribution is 7.09. The zero-order chi connectivity index (χ0) is 11.4. The Bertz CT molecular complexity index is 431. The quantitative estimate of drug-likeness (QED) is 0.861. The molecular weight excluding hydrogens is 218 g/mol. The van der Waals surface area contributed by atoms with Gasteiger partial charge in [-0.3, -0.25) is 4.68 Å². The highest BCUT2D eigenvalue weighted by Crippen LogP contribution is 2.12. The standard InChI is InChI=1S/C12H17N3S/c1-10-11(8-13-2)9-14-15(10)6-5-12-4-3-7-16-12/h3-4,7,9,13H,5-6,8H2,1-2H3. The number of aromatic nitrogens is 2. The van der Waals surface area contributed by atoms with Gasteiger partial charge in [-0.2, -0.15) is 5.10 Å². The van der Waals surface area contributed by atoms with Crippen molar-refractivity contribution in [2.75, 3.05) is 7.05 Å². The minimum Gasteiger partial charge on any atom is -0.316 e. The van der Waals surface area contributed by atoms with Crippen molar-refractivity contribution in [1.29, 1.82) is 0 Å². The summed E-state index contributed by atoms with van der Waals surface area (Å²) < 4.78 is 2.09. The van der Waals surface area contributed by atoms with Crippen LogP contribution in [0.15, 0.2) is 23.7 Å². The first-order valence-corrected chi connectivity index (χ1v) is 6.37. The maximum atomic E-state index is 4.42. The Hall–Kier alpha value is -1.13. The van der Waals surface area contributed by atoms with Gasteiger partial charge in [-0.25, -0.2) is 0 Å². The first-order chi connectivity index (χ1) is 7.81. The summed E-state index contributed by atoms with van der Waals surface area (Å²) in [4.78, 5) is 1.42. The molecule has 2 aromatic rings. The van der Waals surface area contributed by atoms with Crippen LogP contribution in [-0.2, 0) is 19.5 Å². The van der Waals surface area contributed by atoms with Crippen LogP contribution >= 0.6 is 11.3 Å². The highest BCUT2D eigenvalue weighted by atomic mass is 32.1. The van der Waals surface area contributed by atoms with Crippen LogP contribution in [0.25, 0.3) is 0 Å². The van der Waals surface area contributed by atoms with E-state index >= 15 is 0 Å². The van der Waals surface area contributed by atoms with E-state index < -0.39 is 0 Å².